The predicted molar refractivity (Wildman–Crippen MR) is 76.9 cm³/mol. The van der Waals surface area contributed by atoms with Crippen LogP contribution in [0.5, 0.6) is 0 Å². The van der Waals surface area contributed by atoms with Crippen LogP contribution in [0.15, 0.2) is 39.6 Å². The van der Waals surface area contributed by atoms with Crippen molar-refractivity contribution in [1.29, 1.82) is 0 Å². The summed E-state index contributed by atoms with van der Waals surface area (Å²) in [6.07, 6.45) is 2.31. The molecular formula is C15H20N3O3+. The third kappa shape index (κ3) is 3.59. The summed E-state index contributed by atoms with van der Waals surface area (Å²) in [5, 5.41) is 2.57. The number of nitrogens with zero attached hydrogens (tertiary/aromatic N) is 2. The number of hydrogen-bond donors (Lipinski definition) is 1. The van der Waals surface area contributed by atoms with Crippen molar-refractivity contribution in [3.05, 3.63) is 46.4 Å². The average molecular weight is 290 g/mol. The molecule has 0 fully saturated rings. The van der Waals surface area contributed by atoms with Gasteiger partial charge in [0.2, 0.25) is 11.6 Å². The molecule has 0 radical (unpaired) electrons. The lowest BCUT2D eigenvalue weighted by molar-refractivity contribution is -0.678. The molecule has 0 saturated heterocycles. The number of amides is 1. The fourth-order valence-electron chi connectivity index (χ4n) is 2.04. The van der Waals surface area contributed by atoms with Crippen molar-refractivity contribution < 1.29 is 14.0 Å². The van der Waals surface area contributed by atoms with Gasteiger partial charge < -0.3 is 4.90 Å². The van der Waals surface area contributed by atoms with Gasteiger partial charge >= 0.3 is 11.3 Å². The SMILES string of the molecule is CCCCC(=O)N(C)Cc1c(=O)o[nH][n+]1-c1ccccc1. The molecule has 0 aliphatic heterocycles. The summed E-state index contributed by atoms with van der Waals surface area (Å²) in [6.45, 7) is 2.25. The third-order valence-electron chi connectivity index (χ3n) is 3.31. The van der Waals surface area contributed by atoms with E-state index in [2.05, 4.69) is 5.27 Å². The zero-order valence-electron chi connectivity index (χ0n) is 12.3. The largest absolute Gasteiger partial charge is 0.432 e. The number of unbranched alkanes of at least 4 members (excludes halogenated alkanes) is 1. The zero-order valence-corrected chi connectivity index (χ0v) is 12.3. The van der Waals surface area contributed by atoms with Gasteiger partial charge in [0.15, 0.2) is 0 Å². The molecule has 0 spiro atoms. The molecule has 6 nitrogen and oxygen atoms in total. The predicted octanol–water partition coefficient (Wildman–Crippen LogP) is 1.39. The second-order valence-corrected chi connectivity index (χ2v) is 4.95. The highest BCUT2D eigenvalue weighted by molar-refractivity contribution is 5.75. The topological polar surface area (TPSA) is 70.2 Å². The van der Waals surface area contributed by atoms with Crippen LogP contribution in [0, 0.1) is 0 Å². The van der Waals surface area contributed by atoms with Crippen molar-refractivity contribution in [3.63, 3.8) is 0 Å². The lowest BCUT2D eigenvalue weighted by atomic mass is 10.2. The van der Waals surface area contributed by atoms with E-state index in [1.54, 1.807) is 16.6 Å². The number of aromatic nitrogens is 2. The Morgan fingerprint density at radius 1 is 1.33 bits per heavy atom. The molecule has 0 aliphatic rings. The normalized spacial score (nSPS) is 10.6. The number of hydrogen-bond acceptors (Lipinski definition) is 3. The molecule has 112 valence electrons. The lowest BCUT2D eigenvalue weighted by Gasteiger charge is -2.13. The van der Waals surface area contributed by atoms with Gasteiger partial charge in [0.05, 0.1) is 0 Å². The molecule has 6 heteroatoms. The van der Waals surface area contributed by atoms with Crippen LogP contribution >= 0.6 is 0 Å². The van der Waals surface area contributed by atoms with Gasteiger partial charge in [0, 0.05) is 25.6 Å². The van der Waals surface area contributed by atoms with Crippen LogP contribution in [0.3, 0.4) is 0 Å². The van der Waals surface area contributed by atoms with Crippen LogP contribution in [0.2, 0.25) is 0 Å². The number of rotatable bonds is 6. The van der Waals surface area contributed by atoms with Crippen molar-refractivity contribution in [2.75, 3.05) is 7.05 Å². The molecule has 1 N–H and O–H groups in total. The first kappa shape index (κ1) is 15.0. The second kappa shape index (κ2) is 6.88. The van der Waals surface area contributed by atoms with E-state index in [-0.39, 0.29) is 12.5 Å². The molecule has 0 atom stereocenters. The number of benzene rings is 1. The van der Waals surface area contributed by atoms with Gasteiger partial charge in [-0.05, 0) is 16.4 Å². The van der Waals surface area contributed by atoms with Crippen molar-refractivity contribution in [2.45, 2.75) is 32.7 Å². The lowest BCUT2D eigenvalue weighted by Crippen LogP contribution is -2.42. The summed E-state index contributed by atoms with van der Waals surface area (Å²) in [7, 11) is 1.69. The van der Waals surface area contributed by atoms with Gasteiger partial charge in [-0.3, -0.25) is 9.32 Å². The minimum Gasteiger partial charge on any atom is -0.335 e. The molecule has 1 heterocycles. The maximum Gasteiger partial charge on any atom is 0.432 e. The van der Waals surface area contributed by atoms with E-state index >= 15 is 0 Å². The fourth-order valence-corrected chi connectivity index (χ4v) is 2.04. The molecular weight excluding hydrogens is 270 g/mol. The molecule has 0 aliphatic carbocycles. The summed E-state index contributed by atoms with van der Waals surface area (Å²) in [5.41, 5.74) is 0.718. The molecule has 0 bridgehead atoms. The van der Waals surface area contributed by atoms with Gasteiger partial charge in [0.25, 0.3) is 0 Å². The average Bonchev–Trinajstić information content (AvgIpc) is 2.86. The van der Waals surface area contributed by atoms with E-state index in [9.17, 15) is 9.59 Å². The Labute approximate surface area is 122 Å². The van der Waals surface area contributed by atoms with Crippen LogP contribution in [0.4, 0.5) is 0 Å². The number of H-pyrrole nitrogens is 1. The number of para-hydroxylation sites is 1. The van der Waals surface area contributed by atoms with E-state index in [1.165, 1.54) is 0 Å². The molecule has 1 aromatic heterocycles. The van der Waals surface area contributed by atoms with E-state index in [0.717, 1.165) is 18.5 Å². The molecule has 0 unspecified atom stereocenters. The molecule has 2 aromatic rings. The van der Waals surface area contributed by atoms with Gasteiger partial charge in [-0.15, -0.1) is 0 Å². The second-order valence-electron chi connectivity index (χ2n) is 4.95. The number of carbonyl (C=O) groups is 1. The Morgan fingerprint density at radius 2 is 2.05 bits per heavy atom. The molecule has 1 amide bonds. The highest BCUT2D eigenvalue weighted by atomic mass is 16.5. The van der Waals surface area contributed by atoms with Crippen molar-refractivity contribution in [3.8, 4) is 5.69 Å². The monoisotopic (exact) mass is 290 g/mol. The van der Waals surface area contributed by atoms with Crippen molar-refractivity contribution in [1.82, 2.24) is 10.2 Å². The van der Waals surface area contributed by atoms with E-state index < -0.39 is 5.63 Å². The van der Waals surface area contributed by atoms with Crippen LogP contribution in [-0.4, -0.2) is 23.1 Å². The Bertz CT molecular complexity index is 646. The quantitative estimate of drug-likeness (QED) is 0.817. The minimum absolute atomic E-state index is 0.0251. The van der Waals surface area contributed by atoms with Crippen LogP contribution < -0.4 is 10.3 Å². The van der Waals surface area contributed by atoms with Crippen LogP contribution in [0.1, 0.15) is 31.9 Å². The highest BCUT2D eigenvalue weighted by Crippen LogP contribution is 2.03. The van der Waals surface area contributed by atoms with E-state index in [4.69, 9.17) is 4.52 Å². The first-order valence-electron chi connectivity index (χ1n) is 7.05. The van der Waals surface area contributed by atoms with Crippen molar-refractivity contribution in [2.24, 2.45) is 0 Å². The smallest absolute Gasteiger partial charge is 0.335 e. The molecule has 2 rings (SSSR count). The first-order valence-corrected chi connectivity index (χ1v) is 7.05. The molecule has 0 saturated carbocycles. The summed E-state index contributed by atoms with van der Waals surface area (Å²) in [5.74, 6) is 0.0251. The number of aromatic amines is 1. The number of nitrogens with one attached hydrogen (secondary N) is 1. The summed E-state index contributed by atoms with van der Waals surface area (Å²) in [4.78, 5) is 25.3. The van der Waals surface area contributed by atoms with Gasteiger partial charge in [-0.2, -0.15) is 0 Å². The third-order valence-corrected chi connectivity index (χ3v) is 3.31. The van der Waals surface area contributed by atoms with E-state index in [1.807, 2.05) is 37.3 Å². The summed E-state index contributed by atoms with van der Waals surface area (Å²) in [6, 6.07) is 9.34. The Hall–Kier alpha value is -2.37. The molecule has 21 heavy (non-hydrogen) atoms. The van der Waals surface area contributed by atoms with Gasteiger partial charge in [-0.25, -0.2) is 4.79 Å². The minimum atomic E-state index is -0.464. The maximum atomic E-state index is 12.0. The highest BCUT2D eigenvalue weighted by Gasteiger charge is 2.25. The Kier molecular flexibility index (Phi) is 4.92. The Morgan fingerprint density at radius 3 is 2.71 bits per heavy atom. The standard InChI is InChI=1S/C15H19N3O3/c1-3-4-10-14(19)17(2)11-13-15(20)21-16-18(13)12-8-6-5-7-9-12/h5-9H,3-4,10-11H2,1-2H3/p+1. The van der Waals surface area contributed by atoms with Crippen LogP contribution in [0.25, 0.3) is 5.69 Å². The van der Waals surface area contributed by atoms with Gasteiger partial charge in [-0.1, -0.05) is 31.5 Å². The Balaban J connectivity index is 2.19. The van der Waals surface area contributed by atoms with Gasteiger partial charge in [0.1, 0.15) is 6.54 Å². The van der Waals surface area contributed by atoms with E-state index in [0.29, 0.717) is 12.1 Å². The first-order chi connectivity index (χ1) is 10.1. The zero-order chi connectivity index (χ0) is 15.2. The number of carbonyl (C=O) groups excluding carboxylic acids is 1. The summed E-state index contributed by atoms with van der Waals surface area (Å²) >= 11 is 0. The van der Waals surface area contributed by atoms with Crippen LogP contribution in [-0.2, 0) is 11.3 Å². The fraction of sp³-hybridized carbons (Fsp3) is 0.400. The summed E-state index contributed by atoms with van der Waals surface area (Å²) < 4.78 is 6.42. The van der Waals surface area contributed by atoms with Crippen molar-refractivity contribution >= 4 is 5.91 Å². The maximum absolute atomic E-state index is 12.0. The molecule has 1 aromatic carbocycles.